The summed E-state index contributed by atoms with van der Waals surface area (Å²) in [6.45, 7) is 0.616. The number of hydrogen-bond acceptors (Lipinski definition) is 4. The Kier molecular flexibility index (Phi) is 4.35. The van der Waals surface area contributed by atoms with Crippen molar-refractivity contribution in [3.63, 3.8) is 0 Å². The first-order valence-corrected chi connectivity index (χ1v) is 8.26. The lowest BCUT2D eigenvalue weighted by Gasteiger charge is -2.29. The van der Waals surface area contributed by atoms with Crippen LogP contribution >= 0.6 is 0 Å². The summed E-state index contributed by atoms with van der Waals surface area (Å²) >= 11 is 0. The molecule has 2 rings (SSSR count). The van der Waals surface area contributed by atoms with Gasteiger partial charge in [0.25, 0.3) is 0 Å². The predicted molar refractivity (Wildman–Crippen MR) is 72.0 cm³/mol. The Morgan fingerprint density at radius 2 is 2.06 bits per heavy atom. The summed E-state index contributed by atoms with van der Waals surface area (Å²) in [5, 5.41) is 0. The van der Waals surface area contributed by atoms with Crippen LogP contribution in [0.2, 0.25) is 0 Å². The third kappa shape index (κ3) is 3.29. The summed E-state index contributed by atoms with van der Waals surface area (Å²) < 4.78 is 22.9. The first-order chi connectivity index (χ1) is 8.62. The maximum Gasteiger partial charge on any atom is 0.150 e. The summed E-state index contributed by atoms with van der Waals surface area (Å²) in [6, 6.07) is 5.89. The highest BCUT2D eigenvalue weighted by Gasteiger charge is 2.30. The predicted octanol–water partition coefficient (Wildman–Crippen LogP) is 1.34. The highest BCUT2D eigenvalue weighted by Crippen LogP contribution is 2.34. The average molecular weight is 268 g/mol. The number of rotatable bonds is 4. The SMILES string of the molecule is NCCC(c1ccccn1)C1CCS(=O)(=O)CC1. The van der Waals surface area contributed by atoms with Crippen LogP contribution in [0.3, 0.4) is 0 Å². The fourth-order valence-electron chi connectivity index (χ4n) is 2.71. The number of nitrogens with zero attached hydrogens (tertiary/aromatic N) is 1. The van der Waals surface area contributed by atoms with Crippen molar-refractivity contribution in [3.05, 3.63) is 30.1 Å². The van der Waals surface area contributed by atoms with Crippen LogP contribution in [0.1, 0.15) is 30.9 Å². The number of sulfone groups is 1. The van der Waals surface area contributed by atoms with E-state index in [1.807, 2.05) is 18.2 Å². The summed E-state index contributed by atoms with van der Waals surface area (Å²) in [6.07, 6.45) is 4.15. The van der Waals surface area contributed by atoms with Gasteiger partial charge in [-0.15, -0.1) is 0 Å². The van der Waals surface area contributed by atoms with Gasteiger partial charge in [0.2, 0.25) is 0 Å². The van der Waals surface area contributed by atoms with Crippen LogP contribution in [0.25, 0.3) is 0 Å². The molecule has 0 radical (unpaired) electrons. The molecule has 2 heterocycles. The van der Waals surface area contributed by atoms with Crippen LogP contribution in [-0.4, -0.2) is 31.5 Å². The molecule has 0 aromatic carbocycles. The molecule has 1 atom stereocenters. The lowest BCUT2D eigenvalue weighted by Crippen LogP contribution is -2.28. The minimum Gasteiger partial charge on any atom is -0.330 e. The highest BCUT2D eigenvalue weighted by atomic mass is 32.2. The molecule has 18 heavy (non-hydrogen) atoms. The Labute approximate surface area is 109 Å². The largest absolute Gasteiger partial charge is 0.330 e. The molecule has 0 aliphatic carbocycles. The summed E-state index contributed by atoms with van der Waals surface area (Å²) in [4.78, 5) is 4.40. The van der Waals surface area contributed by atoms with Crippen LogP contribution in [-0.2, 0) is 9.84 Å². The van der Waals surface area contributed by atoms with Gasteiger partial charge in [0.15, 0.2) is 0 Å². The summed E-state index contributed by atoms with van der Waals surface area (Å²) in [7, 11) is -2.80. The van der Waals surface area contributed by atoms with Gasteiger partial charge < -0.3 is 5.73 Å². The van der Waals surface area contributed by atoms with E-state index in [1.165, 1.54) is 0 Å². The van der Waals surface area contributed by atoms with E-state index in [0.717, 1.165) is 25.0 Å². The zero-order valence-electron chi connectivity index (χ0n) is 10.5. The maximum atomic E-state index is 11.5. The molecule has 0 saturated carbocycles. The van der Waals surface area contributed by atoms with Crippen LogP contribution in [0, 0.1) is 5.92 Å². The van der Waals surface area contributed by atoms with E-state index in [9.17, 15) is 8.42 Å². The minimum absolute atomic E-state index is 0.298. The lowest BCUT2D eigenvalue weighted by molar-refractivity contribution is 0.365. The van der Waals surface area contributed by atoms with Gasteiger partial charge in [-0.3, -0.25) is 4.98 Å². The molecule has 1 saturated heterocycles. The second-order valence-electron chi connectivity index (χ2n) is 4.93. The third-order valence-electron chi connectivity index (χ3n) is 3.71. The van der Waals surface area contributed by atoms with E-state index in [2.05, 4.69) is 4.98 Å². The van der Waals surface area contributed by atoms with Crippen LogP contribution in [0.15, 0.2) is 24.4 Å². The van der Waals surface area contributed by atoms with E-state index >= 15 is 0 Å². The van der Waals surface area contributed by atoms with E-state index < -0.39 is 9.84 Å². The molecule has 100 valence electrons. The zero-order valence-corrected chi connectivity index (χ0v) is 11.3. The maximum absolute atomic E-state index is 11.5. The first-order valence-electron chi connectivity index (χ1n) is 6.44. The summed E-state index contributed by atoms with van der Waals surface area (Å²) in [5.74, 6) is 1.32. The Bertz CT molecular complexity index is 459. The molecule has 1 aromatic heterocycles. The quantitative estimate of drug-likeness (QED) is 0.894. The molecule has 1 aliphatic rings. The fourth-order valence-corrected chi connectivity index (χ4v) is 4.24. The average Bonchev–Trinajstić information content (AvgIpc) is 2.38. The third-order valence-corrected chi connectivity index (χ3v) is 5.43. The van der Waals surface area contributed by atoms with Gasteiger partial charge >= 0.3 is 0 Å². The molecule has 1 unspecified atom stereocenters. The van der Waals surface area contributed by atoms with Gasteiger partial charge in [0.1, 0.15) is 9.84 Å². The molecule has 0 bridgehead atoms. The monoisotopic (exact) mass is 268 g/mol. The normalized spacial score (nSPS) is 21.6. The van der Waals surface area contributed by atoms with Crippen molar-refractivity contribution in [1.29, 1.82) is 0 Å². The molecule has 5 heteroatoms. The van der Waals surface area contributed by atoms with Crippen LogP contribution < -0.4 is 5.73 Å². The van der Waals surface area contributed by atoms with Gasteiger partial charge in [-0.1, -0.05) is 6.07 Å². The molecule has 0 amide bonds. The van der Waals surface area contributed by atoms with Crippen LogP contribution in [0.4, 0.5) is 0 Å². The van der Waals surface area contributed by atoms with Crippen LogP contribution in [0.5, 0.6) is 0 Å². The molecular formula is C13H20N2O2S. The number of nitrogens with two attached hydrogens (primary N) is 1. The van der Waals surface area contributed by atoms with E-state index in [0.29, 0.717) is 29.9 Å². The molecule has 0 spiro atoms. The van der Waals surface area contributed by atoms with E-state index in [4.69, 9.17) is 5.73 Å². The van der Waals surface area contributed by atoms with Crippen molar-refractivity contribution in [1.82, 2.24) is 4.98 Å². The molecule has 1 aromatic rings. The minimum atomic E-state index is -2.80. The van der Waals surface area contributed by atoms with Crippen molar-refractivity contribution in [2.24, 2.45) is 11.7 Å². The Morgan fingerprint density at radius 1 is 1.33 bits per heavy atom. The molecule has 4 nitrogen and oxygen atoms in total. The van der Waals surface area contributed by atoms with E-state index in [1.54, 1.807) is 6.20 Å². The Morgan fingerprint density at radius 3 is 2.61 bits per heavy atom. The molecular weight excluding hydrogens is 248 g/mol. The van der Waals surface area contributed by atoms with E-state index in [-0.39, 0.29) is 0 Å². The second kappa shape index (κ2) is 5.80. The lowest BCUT2D eigenvalue weighted by atomic mass is 9.82. The van der Waals surface area contributed by atoms with Gasteiger partial charge in [-0.05, 0) is 43.9 Å². The zero-order chi connectivity index (χ0) is 13.0. The molecule has 1 fully saturated rings. The molecule has 2 N–H and O–H groups in total. The number of hydrogen-bond donors (Lipinski definition) is 1. The smallest absolute Gasteiger partial charge is 0.150 e. The second-order valence-corrected chi connectivity index (χ2v) is 7.23. The Hall–Kier alpha value is -0.940. The number of pyridine rings is 1. The van der Waals surface area contributed by atoms with Crippen molar-refractivity contribution < 1.29 is 8.42 Å². The van der Waals surface area contributed by atoms with Gasteiger partial charge in [-0.2, -0.15) is 0 Å². The van der Waals surface area contributed by atoms with Gasteiger partial charge in [0.05, 0.1) is 11.5 Å². The molecule has 1 aliphatic heterocycles. The topological polar surface area (TPSA) is 73.0 Å². The van der Waals surface area contributed by atoms with Crippen molar-refractivity contribution in [2.45, 2.75) is 25.2 Å². The van der Waals surface area contributed by atoms with Gasteiger partial charge in [-0.25, -0.2) is 8.42 Å². The highest BCUT2D eigenvalue weighted by molar-refractivity contribution is 7.91. The van der Waals surface area contributed by atoms with Crippen molar-refractivity contribution in [2.75, 3.05) is 18.1 Å². The van der Waals surface area contributed by atoms with Crippen molar-refractivity contribution in [3.8, 4) is 0 Å². The Balaban J connectivity index is 2.12. The van der Waals surface area contributed by atoms with Gasteiger partial charge in [0, 0.05) is 17.8 Å². The summed E-state index contributed by atoms with van der Waals surface area (Å²) in [5.41, 5.74) is 6.73. The first kappa shape index (κ1) is 13.5. The van der Waals surface area contributed by atoms with Crippen molar-refractivity contribution >= 4 is 9.84 Å². The fraction of sp³-hybridized carbons (Fsp3) is 0.615. The number of aromatic nitrogens is 1. The standard InChI is InChI=1S/C13H20N2O2S/c14-7-4-12(13-3-1-2-8-15-13)11-5-9-18(16,17)10-6-11/h1-3,8,11-12H,4-7,9-10,14H2.